The molecule has 1 saturated heterocycles. The van der Waals surface area contributed by atoms with Crippen molar-refractivity contribution in [2.75, 3.05) is 31.1 Å². The van der Waals surface area contributed by atoms with Gasteiger partial charge in [0.1, 0.15) is 11.4 Å². The molecule has 0 radical (unpaired) electrons. The number of anilines is 1. The van der Waals surface area contributed by atoms with Crippen LogP contribution in [0.5, 0.6) is 0 Å². The fraction of sp³-hybridized carbons (Fsp3) is 0.450. The highest BCUT2D eigenvalue weighted by Crippen LogP contribution is 2.43. The normalized spacial score (nSPS) is 17.1. The highest BCUT2D eigenvalue weighted by Gasteiger charge is 2.33. The fourth-order valence-corrected chi connectivity index (χ4v) is 5.02. The van der Waals surface area contributed by atoms with E-state index in [1.54, 1.807) is 11.8 Å². The summed E-state index contributed by atoms with van der Waals surface area (Å²) >= 11 is 3.52. The topological polar surface area (TPSA) is 82.8 Å². The molecule has 2 heterocycles. The second-order valence-corrected chi connectivity index (χ2v) is 8.40. The van der Waals surface area contributed by atoms with Gasteiger partial charge in [-0.25, -0.2) is 9.18 Å². The molecular weight excluding hydrogens is 445 g/mol. The average Bonchev–Trinajstić information content (AvgIpc) is 3.48. The SMILES string of the molecule is CC(=O)N1CCN(c2c(F)cc3c(=O)c(C(=O)O)c(C)n(C4CC4)c3c2Br)CC1. The van der Waals surface area contributed by atoms with E-state index >= 15 is 4.39 Å². The first-order chi connectivity index (χ1) is 13.7. The maximum atomic E-state index is 15.1. The minimum absolute atomic E-state index is 0.0119. The number of carboxylic acid groups (broad SMARTS) is 1. The first kappa shape index (κ1) is 19.9. The summed E-state index contributed by atoms with van der Waals surface area (Å²) in [6.45, 7) is 5.07. The van der Waals surface area contributed by atoms with Crippen LogP contribution in [0.2, 0.25) is 0 Å². The molecule has 1 N–H and O–H groups in total. The Bertz CT molecular complexity index is 1100. The van der Waals surface area contributed by atoms with Gasteiger partial charge in [-0.05, 0) is 41.8 Å². The third-order valence-corrected chi connectivity index (χ3v) is 6.52. The van der Waals surface area contributed by atoms with Crippen molar-refractivity contribution < 1.29 is 19.1 Å². The van der Waals surface area contributed by atoms with Gasteiger partial charge < -0.3 is 19.5 Å². The molecule has 2 aromatic rings. The van der Waals surface area contributed by atoms with Crippen LogP contribution in [0.25, 0.3) is 10.9 Å². The minimum atomic E-state index is -1.30. The summed E-state index contributed by atoms with van der Waals surface area (Å²) in [5.41, 5.74) is 0.285. The van der Waals surface area contributed by atoms with Crippen LogP contribution in [0.3, 0.4) is 0 Å². The Balaban J connectivity index is 1.92. The fourth-order valence-electron chi connectivity index (χ4n) is 4.17. The van der Waals surface area contributed by atoms with Crippen LogP contribution in [-0.4, -0.2) is 52.6 Å². The van der Waals surface area contributed by atoms with Crippen molar-refractivity contribution in [1.82, 2.24) is 9.47 Å². The molecule has 1 aromatic carbocycles. The maximum Gasteiger partial charge on any atom is 0.341 e. The molecule has 0 unspecified atom stereocenters. The zero-order chi connectivity index (χ0) is 21.0. The summed E-state index contributed by atoms with van der Waals surface area (Å²) in [6, 6.07) is 1.25. The van der Waals surface area contributed by atoms with Gasteiger partial charge in [-0.1, -0.05) is 0 Å². The summed E-state index contributed by atoms with van der Waals surface area (Å²) in [5, 5.41) is 9.61. The molecule has 2 aliphatic rings. The van der Waals surface area contributed by atoms with Gasteiger partial charge in [0.15, 0.2) is 0 Å². The van der Waals surface area contributed by atoms with Crippen molar-refractivity contribution in [2.24, 2.45) is 0 Å². The lowest BCUT2D eigenvalue weighted by Gasteiger charge is -2.36. The van der Waals surface area contributed by atoms with Crippen LogP contribution in [0.15, 0.2) is 15.3 Å². The van der Waals surface area contributed by atoms with Crippen molar-refractivity contribution in [3.63, 3.8) is 0 Å². The van der Waals surface area contributed by atoms with Gasteiger partial charge in [0, 0.05) is 44.8 Å². The first-order valence-corrected chi connectivity index (χ1v) is 10.3. The lowest BCUT2D eigenvalue weighted by molar-refractivity contribution is -0.129. The number of nitrogens with zero attached hydrogens (tertiary/aromatic N) is 3. The van der Waals surface area contributed by atoms with E-state index in [4.69, 9.17) is 0 Å². The second kappa shape index (κ2) is 7.12. The molecule has 0 bridgehead atoms. The van der Waals surface area contributed by atoms with E-state index in [2.05, 4.69) is 15.9 Å². The predicted octanol–water partition coefficient (Wildman–Crippen LogP) is 2.91. The number of carboxylic acids is 1. The Labute approximate surface area is 174 Å². The summed E-state index contributed by atoms with van der Waals surface area (Å²) in [4.78, 5) is 39.7. The number of pyridine rings is 1. The van der Waals surface area contributed by atoms with Crippen LogP contribution in [0.4, 0.5) is 10.1 Å². The van der Waals surface area contributed by atoms with Crippen molar-refractivity contribution in [3.8, 4) is 0 Å². The number of amides is 1. The van der Waals surface area contributed by atoms with Crippen LogP contribution in [0, 0.1) is 12.7 Å². The van der Waals surface area contributed by atoms with Crippen molar-refractivity contribution in [2.45, 2.75) is 32.7 Å². The Morgan fingerprint density at radius 3 is 2.34 bits per heavy atom. The van der Waals surface area contributed by atoms with E-state index in [-0.39, 0.29) is 22.9 Å². The molecule has 1 aliphatic carbocycles. The summed E-state index contributed by atoms with van der Waals surface area (Å²) in [7, 11) is 0. The number of piperazine rings is 1. The Kier molecular flexibility index (Phi) is 4.88. The van der Waals surface area contributed by atoms with Gasteiger partial charge in [-0.2, -0.15) is 0 Å². The van der Waals surface area contributed by atoms with Gasteiger partial charge in [0.25, 0.3) is 0 Å². The molecule has 0 spiro atoms. The summed E-state index contributed by atoms with van der Waals surface area (Å²) in [5.74, 6) is -1.90. The van der Waals surface area contributed by atoms with Crippen LogP contribution in [0.1, 0.15) is 41.9 Å². The van der Waals surface area contributed by atoms with Crippen molar-refractivity contribution in [1.29, 1.82) is 0 Å². The molecule has 1 aromatic heterocycles. The number of rotatable bonds is 3. The van der Waals surface area contributed by atoms with Gasteiger partial charge in [-0.3, -0.25) is 9.59 Å². The van der Waals surface area contributed by atoms with Crippen LogP contribution in [-0.2, 0) is 4.79 Å². The summed E-state index contributed by atoms with van der Waals surface area (Å²) in [6.07, 6.45) is 1.77. The Morgan fingerprint density at radius 1 is 1.21 bits per heavy atom. The predicted molar refractivity (Wildman–Crippen MR) is 110 cm³/mol. The lowest BCUT2D eigenvalue weighted by atomic mass is 10.1. The molecule has 0 atom stereocenters. The van der Waals surface area contributed by atoms with Gasteiger partial charge in [0.2, 0.25) is 11.3 Å². The molecule has 4 rings (SSSR count). The summed E-state index contributed by atoms with van der Waals surface area (Å²) < 4.78 is 17.4. The van der Waals surface area contributed by atoms with E-state index in [0.717, 1.165) is 18.9 Å². The van der Waals surface area contributed by atoms with Gasteiger partial charge in [-0.15, -0.1) is 0 Å². The molecule has 1 amide bonds. The van der Waals surface area contributed by atoms with Gasteiger partial charge >= 0.3 is 5.97 Å². The third-order valence-electron chi connectivity index (χ3n) is 5.77. The quantitative estimate of drug-likeness (QED) is 0.753. The zero-order valence-corrected chi connectivity index (χ0v) is 17.8. The van der Waals surface area contributed by atoms with Crippen molar-refractivity contribution >= 4 is 44.4 Å². The number of carbonyl (C=O) groups is 2. The number of carbonyl (C=O) groups excluding carboxylic acids is 1. The largest absolute Gasteiger partial charge is 0.477 e. The Hall–Kier alpha value is -2.42. The molecule has 29 heavy (non-hydrogen) atoms. The van der Waals surface area contributed by atoms with E-state index in [9.17, 15) is 19.5 Å². The number of halogens is 2. The maximum absolute atomic E-state index is 15.1. The minimum Gasteiger partial charge on any atom is -0.477 e. The molecule has 154 valence electrons. The first-order valence-electron chi connectivity index (χ1n) is 9.53. The number of fused-ring (bicyclic) bond motifs is 1. The zero-order valence-electron chi connectivity index (χ0n) is 16.2. The van der Waals surface area contributed by atoms with Crippen LogP contribution < -0.4 is 10.3 Å². The van der Waals surface area contributed by atoms with E-state index in [0.29, 0.717) is 47.5 Å². The molecule has 7 nitrogen and oxygen atoms in total. The van der Waals surface area contributed by atoms with E-state index in [1.165, 1.54) is 6.92 Å². The van der Waals surface area contributed by atoms with E-state index < -0.39 is 17.2 Å². The second-order valence-electron chi connectivity index (χ2n) is 7.61. The van der Waals surface area contributed by atoms with Gasteiger partial charge in [0.05, 0.1) is 21.1 Å². The standard InChI is InChI=1S/C20H21BrFN3O4/c1-10-15(20(28)29)19(27)13-9-14(22)18(16(21)17(13)25(10)12-3-4-12)24-7-5-23(6-8-24)11(2)26/h9,12H,3-8H2,1-2H3,(H,28,29). The Morgan fingerprint density at radius 2 is 1.83 bits per heavy atom. The number of hydrogen-bond donors (Lipinski definition) is 1. The lowest BCUT2D eigenvalue weighted by Crippen LogP contribution is -2.48. The molecule has 1 saturated carbocycles. The number of benzene rings is 1. The molecule has 2 fully saturated rings. The smallest absolute Gasteiger partial charge is 0.341 e. The molecule has 1 aliphatic heterocycles. The molecule has 9 heteroatoms. The average molecular weight is 466 g/mol. The van der Waals surface area contributed by atoms with Crippen LogP contribution >= 0.6 is 15.9 Å². The number of aromatic carboxylic acids is 1. The molecular formula is C20H21BrFN3O4. The number of aromatic nitrogens is 1. The highest BCUT2D eigenvalue weighted by atomic mass is 79.9. The third kappa shape index (κ3) is 3.21. The van der Waals surface area contributed by atoms with E-state index in [1.807, 2.05) is 9.47 Å². The van der Waals surface area contributed by atoms with Crippen molar-refractivity contribution in [3.05, 3.63) is 37.8 Å². The monoisotopic (exact) mass is 465 g/mol. The number of hydrogen-bond acceptors (Lipinski definition) is 4. The highest BCUT2D eigenvalue weighted by molar-refractivity contribution is 9.10.